The normalized spacial score (nSPS) is 23.6. The number of piperidine rings is 2. The first-order chi connectivity index (χ1) is 28.8. The van der Waals surface area contributed by atoms with Gasteiger partial charge in [0.05, 0.1) is 34.0 Å². The molecule has 6 aliphatic rings. The van der Waals surface area contributed by atoms with Crippen molar-refractivity contribution in [2.45, 2.75) is 89.3 Å². The van der Waals surface area contributed by atoms with Crippen LogP contribution in [0.2, 0.25) is 0 Å². The highest BCUT2D eigenvalue weighted by Gasteiger charge is 2.38. The highest BCUT2D eigenvalue weighted by Crippen LogP contribution is 2.54. The van der Waals surface area contributed by atoms with E-state index >= 15 is 0 Å². The number of nitrogens with zero attached hydrogens (tertiary/aromatic N) is 7. The van der Waals surface area contributed by atoms with Gasteiger partial charge in [0.25, 0.3) is 0 Å². The summed E-state index contributed by atoms with van der Waals surface area (Å²) in [6.45, 7) is 20.8. The number of piperazine rings is 1. The largest absolute Gasteiger partial charge is 0.377 e. The molecule has 3 aromatic carbocycles. The minimum Gasteiger partial charge on any atom is -0.377 e. The number of rotatable bonds is 10. The Morgan fingerprint density at radius 1 is 0.881 bits per heavy atom. The molecule has 59 heavy (non-hydrogen) atoms. The number of benzene rings is 3. The van der Waals surface area contributed by atoms with E-state index < -0.39 is 0 Å². The van der Waals surface area contributed by atoms with Gasteiger partial charge in [-0.3, -0.25) is 14.1 Å². The van der Waals surface area contributed by atoms with Gasteiger partial charge in [-0.1, -0.05) is 44.3 Å². The molecule has 4 aromatic rings. The summed E-state index contributed by atoms with van der Waals surface area (Å²) in [4.78, 5) is 18.0. The lowest BCUT2D eigenvalue weighted by atomic mass is 9.75. The lowest BCUT2D eigenvalue weighted by Gasteiger charge is -2.49. The van der Waals surface area contributed by atoms with Gasteiger partial charge in [0.2, 0.25) is 5.95 Å². The molecular weight excluding hydrogens is 817 g/mol. The van der Waals surface area contributed by atoms with Crippen molar-refractivity contribution in [3.8, 4) is 0 Å². The van der Waals surface area contributed by atoms with E-state index in [1.165, 1.54) is 96.9 Å². The molecule has 5 aliphatic heterocycles. The molecule has 1 saturated carbocycles. The molecule has 6 heterocycles. The number of allylic oxidation sites excluding steroid dienone is 1. The molecule has 10 rings (SSSR count). The van der Waals surface area contributed by atoms with Gasteiger partial charge in [0, 0.05) is 92.6 Å². The zero-order valence-corrected chi connectivity index (χ0v) is 36.9. The summed E-state index contributed by atoms with van der Waals surface area (Å²) in [6.07, 6.45) is 10.9. The average Bonchev–Trinajstić information content (AvgIpc) is 3.83. The lowest BCUT2D eigenvalue weighted by Crippen LogP contribution is -2.57. The number of para-hydroxylation sites is 1. The number of halogens is 1. The van der Waals surface area contributed by atoms with Crippen LogP contribution < -0.4 is 29.5 Å². The first-order valence-electron chi connectivity index (χ1n) is 21.8. The number of aromatic nitrogens is 2. The highest BCUT2D eigenvalue weighted by atomic mass is 79.9. The summed E-state index contributed by atoms with van der Waals surface area (Å²) in [5.74, 6) is 2.16. The van der Waals surface area contributed by atoms with Gasteiger partial charge < -0.3 is 20.9 Å². The minimum atomic E-state index is 0.257. The van der Waals surface area contributed by atoms with Gasteiger partial charge in [-0.25, -0.2) is 9.29 Å². The van der Waals surface area contributed by atoms with Crippen molar-refractivity contribution >= 4 is 68.3 Å². The number of aryl methyl sites for hydroxylation is 2. The van der Waals surface area contributed by atoms with Crippen molar-refractivity contribution in [3.05, 3.63) is 112 Å². The maximum Gasteiger partial charge on any atom is 0.229 e. The molecule has 1 aromatic heterocycles. The van der Waals surface area contributed by atoms with E-state index in [-0.39, 0.29) is 6.04 Å². The Morgan fingerprint density at radius 3 is 2.39 bits per heavy atom. The second kappa shape index (κ2) is 16.3. The molecule has 3 saturated heterocycles. The fourth-order valence-corrected chi connectivity index (χ4v) is 11.9. The minimum absolute atomic E-state index is 0.257. The van der Waals surface area contributed by atoms with Gasteiger partial charge >= 0.3 is 0 Å². The van der Waals surface area contributed by atoms with E-state index in [2.05, 4.69) is 137 Å². The van der Waals surface area contributed by atoms with Gasteiger partial charge in [0.1, 0.15) is 0 Å². The molecule has 0 amide bonds. The van der Waals surface area contributed by atoms with Crippen molar-refractivity contribution < 1.29 is 0 Å². The first-order valence-corrected chi connectivity index (χ1v) is 23.3. The van der Waals surface area contributed by atoms with Crippen molar-refractivity contribution in [2.24, 2.45) is 0 Å². The predicted molar refractivity (Wildman–Crippen MR) is 249 cm³/mol. The van der Waals surface area contributed by atoms with Crippen molar-refractivity contribution in [2.75, 3.05) is 70.0 Å². The molecule has 308 valence electrons. The van der Waals surface area contributed by atoms with E-state index in [4.69, 9.17) is 9.97 Å². The van der Waals surface area contributed by atoms with E-state index in [1.807, 2.05) is 6.20 Å². The molecule has 12 heteroatoms. The average molecular weight is 874 g/mol. The van der Waals surface area contributed by atoms with Crippen LogP contribution in [-0.4, -0.2) is 83.7 Å². The monoisotopic (exact) mass is 872 g/mol. The summed E-state index contributed by atoms with van der Waals surface area (Å²) in [5.41, 5.74) is 13.7. The Kier molecular flexibility index (Phi) is 10.8. The van der Waals surface area contributed by atoms with Gasteiger partial charge in [-0.2, -0.15) is 4.98 Å². The Balaban J connectivity index is 0.704. The summed E-state index contributed by atoms with van der Waals surface area (Å²) < 4.78 is 5.49. The number of hydrogen-bond donors (Lipinski definition) is 3. The maximum atomic E-state index is 5.05. The number of nitrogens with one attached hydrogen (secondary N) is 3. The fourth-order valence-electron chi connectivity index (χ4n) is 10.3. The van der Waals surface area contributed by atoms with Crippen LogP contribution in [0.15, 0.2) is 89.8 Å². The zero-order valence-electron chi connectivity index (χ0n) is 34.5. The topological polar surface area (TPSA) is 78.1 Å². The van der Waals surface area contributed by atoms with E-state index in [1.54, 1.807) is 12.1 Å². The van der Waals surface area contributed by atoms with Crippen LogP contribution in [0.5, 0.6) is 0 Å². The van der Waals surface area contributed by atoms with Crippen molar-refractivity contribution in [1.82, 2.24) is 25.1 Å². The summed E-state index contributed by atoms with van der Waals surface area (Å²) in [6, 6.07) is 22.2. The van der Waals surface area contributed by atoms with Crippen LogP contribution in [0.1, 0.15) is 73.6 Å². The molecule has 1 unspecified atom stereocenters. The molecule has 4 fully saturated rings. The van der Waals surface area contributed by atoms with E-state index in [9.17, 15) is 0 Å². The third-order valence-electron chi connectivity index (χ3n) is 13.8. The molecule has 0 spiro atoms. The summed E-state index contributed by atoms with van der Waals surface area (Å²) in [7, 11) is 0. The van der Waals surface area contributed by atoms with Crippen LogP contribution >= 0.6 is 28.1 Å². The van der Waals surface area contributed by atoms with Crippen LogP contribution in [0.3, 0.4) is 0 Å². The second-order valence-electron chi connectivity index (χ2n) is 17.4. The predicted octanol–water partition coefficient (Wildman–Crippen LogP) is 9.65. The van der Waals surface area contributed by atoms with Gasteiger partial charge in [0.15, 0.2) is 5.82 Å². The van der Waals surface area contributed by atoms with Crippen LogP contribution in [0.25, 0.3) is 0 Å². The Bertz CT molecular complexity index is 2220. The smallest absolute Gasteiger partial charge is 0.229 e. The summed E-state index contributed by atoms with van der Waals surface area (Å²) >= 11 is 5.47. The van der Waals surface area contributed by atoms with Crippen molar-refractivity contribution in [3.63, 3.8) is 0 Å². The van der Waals surface area contributed by atoms with E-state index in [0.717, 1.165) is 78.7 Å². The highest BCUT2D eigenvalue weighted by molar-refractivity contribution is 9.10. The molecule has 10 nitrogen and oxygen atoms in total. The molecule has 0 bridgehead atoms. The third kappa shape index (κ3) is 7.70. The SMILES string of the molecule is C=C1CCC(Nc2ccc(C3CC(N4CCN(C5CCN(c6cc(CC)c(Nc7ncc(Br)c(N8SN9CCc%10cccc8c%109)n7)cc6C)CC5)CC4)C3)cc2)C(=C)N1. The molecule has 3 N–H and O–H groups in total. The Hall–Kier alpha value is -4.23. The Morgan fingerprint density at radius 2 is 1.64 bits per heavy atom. The second-order valence-corrected chi connectivity index (χ2v) is 19.2. The Labute approximate surface area is 362 Å². The number of anilines is 7. The first kappa shape index (κ1) is 38.9. The van der Waals surface area contributed by atoms with Gasteiger partial charge in [-0.05, 0) is 133 Å². The molecule has 0 radical (unpaired) electrons. The molecular formula is C47H57BrN10S. The molecule has 1 atom stereocenters. The third-order valence-corrected chi connectivity index (χ3v) is 15.5. The lowest BCUT2D eigenvalue weighted by molar-refractivity contribution is 0.0299. The fraction of sp³-hybridized carbons (Fsp3) is 0.447. The number of hydrogen-bond acceptors (Lipinski definition) is 11. The van der Waals surface area contributed by atoms with Gasteiger partial charge in [-0.15, -0.1) is 0 Å². The molecule has 1 aliphatic carbocycles. The van der Waals surface area contributed by atoms with Crippen molar-refractivity contribution in [1.29, 1.82) is 0 Å². The zero-order chi connectivity index (χ0) is 40.2. The quantitative estimate of drug-likeness (QED) is 0.134. The van der Waals surface area contributed by atoms with E-state index in [0.29, 0.717) is 17.9 Å². The van der Waals surface area contributed by atoms with Crippen LogP contribution in [0, 0.1) is 6.92 Å². The standard InChI is InChI=1S/C47H57BrN10S/c1-5-33-28-44(30(2)25-42(33)52-47-49-29-40(48)46(53-47)58-43-8-6-7-35-15-20-57(59-58)45(35)43)56-18-16-38(17-19-56)54-21-23-55(24-22-54)39-26-36(27-39)34-10-12-37(13-11-34)51-41-14-9-31(3)50-32(41)4/h6-8,10-13,25,28-29,36,38-39,41,50-51H,3-5,9,14-24,26-27H2,1-2H3,(H,49,52,53). The van der Waals surface area contributed by atoms with Crippen LogP contribution in [-0.2, 0) is 12.8 Å². The maximum absolute atomic E-state index is 5.05. The summed E-state index contributed by atoms with van der Waals surface area (Å²) in [5, 5.41) is 10.6. The van der Waals surface area contributed by atoms with Crippen LogP contribution in [0.4, 0.5) is 40.2 Å².